The normalized spacial score (nSPS) is 10.5. The second-order valence-corrected chi connectivity index (χ2v) is 5.91. The second kappa shape index (κ2) is 7.39. The third-order valence-electron chi connectivity index (χ3n) is 3.75. The molecule has 0 aliphatic rings. The highest BCUT2D eigenvalue weighted by Crippen LogP contribution is 2.39. The van der Waals surface area contributed by atoms with Crippen molar-refractivity contribution in [3.8, 4) is 11.1 Å². The summed E-state index contributed by atoms with van der Waals surface area (Å²) in [5, 5.41) is 22.0. The van der Waals surface area contributed by atoms with Crippen molar-refractivity contribution in [2.45, 2.75) is 13.8 Å². The summed E-state index contributed by atoms with van der Waals surface area (Å²) in [6.45, 7) is 5.32. The molecule has 2 rings (SSSR count). The van der Waals surface area contributed by atoms with Crippen molar-refractivity contribution >= 4 is 33.0 Å². The highest BCUT2D eigenvalue weighted by molar-refractivity contribution is 9.10. The van der Waals surface area contributed by atoms with Crippen LogP contribution in [0.1, 0.15) is 13.8 Å². The van der Waals surface area contributed by atoms with Crippen LogP contribution in [0.3, 0.4) is 0 Å². The Kier molecular flexibility index (Phi) is 5.50. The van der Waals surface area contributed by atoms with Crippen molar-refractivity contribution in [3.63, 3.8) is 0 Å². The number of hydrogen-bond acceptors (Lipinski definition) is 5. The minimum Gasteiger partial charge on any atom is -0.371 e. The summed E-state index contributed by atoms with van der Waals surface area (Å²) in [5.41, 5.74) is 2.25. The molecular formula is C16H16BrN3O4. The van der Waals surface area contributed by atoms with E-state index in [-0.39, 0.29) is 11.4 Å². The smallest absolute Gasteiger partial charge is 0.271 e. The van der Waals surface area contributed by atoms with Crippen molar-refractivity contribution in [2.75, 3.05) is 18.0 Å². The molecule has 126 valence electrons. The summed E-state index contributed by atoms with van der Waals surface area (Å²) in [7, 11) is 0. The molecule has 0 fully saturated rings. The molecule has 0 bridgehead atoms. The summed E-state index contributed by atoms with van der Waals surface area (Å²) in [6, 6.07) is 9.16. The van der Waals surface area contributed by atoms with E-state index in [1.807, 2.05) is 18.7 Å². The maximum atomic E-state index is 11.1. The zero-order valence-electron chi connectivity index (χ0n) is 13.2. The fraction of sp³-hybridized carbons (Fsp3) is 0.250. The average molecular weight is 394 g/mol. The van der Waals surface area contributed by atoms with E-state index in [1.54, 1.807) is 12.1 Å². The standard InChI is InChI=1S/C16H16BrN3O4/c1-3-18(4-2)16-10-12(20(23)24)6-8-14(16)13-7-5-11(19(21)22)9-15(13)17/h5-10H,3-4H2,1-2H3. The first kappa shape index (κ1) is 17.9. The number of rotatable bonds is 6. The summed E-state index contributed by atoms with van der Waals surface area (Å²) in [4.78, 5) is 23.1. The summed E-state index contributed by atoms with van der Waals surface area (Å²) in [5.74, 6) is 0. The zero-order valence-corrected chi connectivity index (χ0v) is 14.8. The van der Waals surface area contributed by atoms with E-state index in [1.165, 1.54) is 24.3 Å². The van der Waals surface area contributed by atoms with Crippen molar-refractivity contribution in [1.29, 1.82) is 0 Å². The Morgan fingerprint density at radius 2 is 1.42 bits per heavy atom. The van der Waals surface area contributed by atoms with Crippen LogP contribution in [0, 0.1) is 20.2 Å². The van der Waals surface area contributed by atoms with Crippen LogP contribution in [0.15, 0.2) is 40.9 Å². The predicted molar refractivity (Wildman–Crippen MR) is 96.4 cm³/mol. The molecule has 0 saturated heterocycles. The summed E-state index contributed by atoms with van der Waals surface area (Å²) < 4.78 is 0.568. The lowest BCUT2D eigenvalue weighted by atomic mass is 10.0. The van der Waals surface area contributed by atoms with Crippen LogP contribution in [-0.4, -0.2) is 22.9 Å². The molecule has 2 aromatic carbocycles. The number of halogens is 1. The number of nitrogens with zero attached hydrogens (tertiary/aromatic N) is 3. The third-order valence-corrected chi connectivity index (χ3v) is 4.41. The zero-order chi connectivity index (χ0) is 17.9. The van der Waals surface area contributed by atoms with Gasteiger partial charge in [0.05, 0.1) is 15.5 Å². The Morgan fingerprint density at radius 1 is 0.917 bits per heavy atom. The van der Waals surface area contributed by atoms with E-state index in [0.717, 1.165) is 16.8 Å². The van der Waals surface area contributed by atoms with Gasteiger partial charge >= 0.3 is 0 Å². The van der Waals surface area contributed by atoms with Crippen molar-refractivity contribution in [1.82, 2.24) is 0 Å². The van der Waals surface area contributed by atoms with E-state index in [9.17, 15) is 20.2 Å². The van der Waals surface area contributed by atoms with Gasteiger partial charge in [-0.1, -0.05) is 0 Å². The number of nitro groups is 2. The molecule has 0 radical (unpaired) electrons. The van der Waals surface area contributed by atoms with Crippen LogP contribution in [-0.2, 0) is 0 Å². The second-order valence-electron chi connectivity index (χ2n) is 5.05. The molecule has 2 aromatic rings. The van der Waals surface area contributed by atoms with E-state index in [4.69, 9.17) is 0 Å². The molecule has 0 spiro atoms. The lowest BCUT2D eigenvalue weighted by molar-refractivity contribution is -0.385. The molecule has 0 aromatic heterocycles. The number of anilines is 1. The topological polar surface area (TPSA) is 89.5 Å². The van der Waals surface area contributed by atoms with Crippen LogP contribution in [0.5, 0.6) is 0 Å². The molecule has 0 amide bonds. The predicted octanol–water partition coefficient (Wildman–Crippen LogP) is 4.78. The summed E-state index contributed by atoms with van der Waals surface area (Å²) in [6.07, 6.45) is 0. The van der Waals surface area contributed by atoms with E-state index in [0.29, 0.717) is 17.6 Å². The van der Waals surface area contributed by atoms with Crippen LogP contribution >= 0.6 is 15.9 Å². The van der Waals surface area contributed by atoms with E-state index >= 15 is 0 Å². The molecule has 0 heterocycles. The Morgan fingerprint density at radius 3 is 1.88 bits per heavy atom. The van der Waals surface area contributed by atoms with Crippen LogP contribution in [0.4, 0.5) is 17.1 Å². The van der Waals surface area contributed by atoms with Crippen LogP contribution in [0.2, 0.25) is 0 Å². The molecule has 7 nitrogen and oxygen atoms in total. The first-order chi connectivity index (χ1) is 11.4. The van der Waals surface area contributed by atoms with Gasteiger partial charge in [-0.25, -0.2) is 0 Å². The van der Waals surface area contributed by atoms with Gasteiger partial charge in [-0.2, -0.15) is 0 Å². The lowest BCUT2D eigenvalue weighted by Crippen LogP contribution is -2.22. The van der Waals surface area contributed by atoms with Crippen molar-refractivity contribution < 1.29 is 9.85 Å². The number of nitro benzene ring substituents is 2. The fourth-order valence-electron chi connectivity index (χ4n) is 2.52. The van der Waals surface area contributed by atoms with Gasteiger partial charge in [0, 0.05) is 47.4 Å². The highest BCUT2D eigenvalue weighted by Gasteiger charge is 2.18. The van der Waals surface area contributed by atoms with E-state index in [2.05, 4.69) is 15.9 Å². The number of non-ortho nitro benzene ring substituents is 2. The maximum absolute atomic E-state index is 11.1. The van der Waals surface area contributed by atoms with Gasteiger partial charge in [0.1, 0.15) is 0 Å². The van der Waals surface area contributed by atoms with Crippen molar-refractivity contribution in [3.05, 3.63) is 61.1 Å². The van der Waals surface area contributed by atoms with Gasteiger partial charge in [-0.05, 0) is 47.5 Å². The van der Waals surface area contributed by atoms with Gasteiger partial charge in [0.25, 0.3) is 11.4 Å². The van der Waals surface area contributed by atoms with Gasteiger partial charge in [0.15, 0.2) is 0 Å². The SMILES string of the molecule is CCN(CC)c1cc([N+](=O)[O-])ccc1-c1ccc([N+](=O)[O-])cc1Br. The number of benzene rings is 2. The minimum absolute atomic E-state index is 0.0127. The van der Waals surface area contributed by atoms with Gasteiger partial charge in [-0.3, -0.25) is 20.2 Å². The van der Waals surface area contributed by atoms with Gasteiger partial charge in [0.2, 0.25) is 0 Å². The largest absolute Gasteiger partial charge is 0.371 e. The van der Waals surface area contributed by atoms with E-state index < -0.39 is 9.85 Å². The average Bonchev–Trinajstić information content (AvgIpc) is 2.56. The first-order valence-corrected chi connectivity index (χ1v) is 8.16. The Labute approximate surface area is 147 Å². The van der Waals surface area contributed by atoms with Crippen molar-refractivity contribution in [2.24, 2.45) is 0 Å². The quantitative estimate of drug-likeness (QED) is 0.520. The fourth-order valence-corrected chi connectivity index (χ4v) is 3.10. The molecular weight excluding hydrogens is 378 g/mol. The first-order valence-electron chi connectivity index (χ1n) is 7.36. The Hall–Kier alpha value is -2.48. The molecule has 0 aliphatic heterocycles. The Balaban J connectivity index is 2.65. The number of hydrogen-bond donors (Lipinski definition) is 0. The van der Waals surface area contributed by atoms with Crippen LogP contribution in [0.25, 0.3) is 11.1 Å². The third kappa shape index (κ3) is 3.53. The summed E-state index contributed by atoms with van der Waals surface area (Å²) >= 11 is 3.37. The molecule has 8 heteroatoms. The van der Waals surface area contributed by atoms with Gasteiger partial charge < -0.3 is 4.90 Å². The van der Waals surface area contributed by atoms with Crippen LogP contribution < -0.4 is 4.90 Å². The van der Waals surface area contributed by atoms with Gasteiger partial charge in [-0.15, -0.1) is 0 Å². The Bertz CT molecular complexity index is 791. The molecule has 0 unspecified atom stereocenters. The maximum Gasteiger partial charge on any atom is 0.271 e. The minimum atomic E-state index is -0.463. The highest BCUT2D eigenvalue weighted by atomic mass is 79.9. The molecule has 24 heavy (non-hydrogen) atoms. The monoisotopic (exact) mass is 393 g/mol. The molecule has 0 N–H and O–H groups in total. The molecule has 0 aliphatic carbocycles. The molecule has 0 saturated carbocycles. The lowest BCUT2D eigenvalue weighted by Gasteiger charge is -2.24. The molecule has 0 atom stereocenters.